The predicted octanol–water partition coefficient (Wildman–Crippen LogP) is 2.15. The summed E-state index contributed by atoms with van der Waals surface area (Å²) in [5.41, 5.74) is 0.0226. The van der Waals surface area contributed by atoms with Crippen LogP contribution in [-0.2, 0) is 4.79 Å². The summed E-state index contributed by atoms with van der Waals surface area (Å²) in [5, 5.41) is 8.85. The van der Waals surface area contributed by atoms with Crippen molar-refractivity contribution in [3.05, 3.63) is 37.0 Å². The van der Waals surface area contributed by atoms with Gasteiger partial charge in [0.25, 0.3) is 0 Å². The van der Waals surface area contributed by atoms with E-state index >= 15 is 0 Å². The largest absolute Gasteiger partial charge is 0.481 e. The second-order valence-corrected chi connectivity index (χ2v) is 3.01. The Morgan fingerprint density at radius 2 is 2.08 bits per heavy atom. The summed E-state index contributed by atoms with van der Waals surface area (Å²) in [4.78, 5) is 10.8. The van der Waals surface area contributed by atoms with Crippen LogP contribution in [0.1, 0.15) is 12.8 Å². The predicted molar refractivity (Wildman–Crippen MR) is 47.8 cm³/mol. The van der Waals surface area contributed by atoms with E-state index in [0.717, 1.165) is 0 Å². The Labute approximate surface area is 71.9 Å². The Hall–Kier alpha value is -1.31. The molecule has 1 N–H and O–H groups in total. The van der Waals surface area contributed by atoms with Gasteiger partial charge < -0.3 is 5.11 Å². The number of rotatable bonds is 4. The van der Waals surface area contributed by atoms with E-state index in [1.54, 1.807) is 18.2 Å². The molecule has 0 saturated heterocycles. The lowest BCUT2D eigenvalue weighted by atomic mass is 9.97. The molecule has 1 fully saturated rings. The van der Waals surface area contributed by atoms with Crippen molar-refractivity contribution in [2.75, 3.05) is 0 Å². The van der Waals surface area contributed by atoms with Crippen molar-refractivity contribution in [3.8, 4) is 0 Å². The van der Waals surface area contributed by atoms with E-state index in [0.29, 0.717) is 18.4 Å². The molecule has 0 aromatic rings. The molecule has 1 saturated carbocycles. The second kappa shape index (κ2) is 2.97. The molecule has 64 valence electrons. The van der Waals surface area contributed by atoms with Crippen LogP contribution in [0.25, 0.3) is 0 Å². The van der Waals surface area contributed by atoms with E-state index in [-0.39, 0.29) is 0 Å². The summed E-state index contributed by atoms with van der Waals surface area (Å²) in [7, 11) is 0. The second-order valence-electron chi connectivity index (χ2n) is 3.01. The van der Waals surface area contributed by atoms with Crippen LogP contribution in [-0.4, -0.2) is 11.1 Å². The Morgan fingerprint density at radius 3 is 2.42 bits per heavy atom. The zero-order valence-electron chi connectivity index (χ0n) is 6.92. The number of hydrogen-bond acceptors (Lipinski definition) is 1. The molecule has 0 aromatic carbocycles. The number of hydrogen-bond donors (Lipinski definition) is 1. The summed E-state index contributed by atoms with van der Waals surface area (Å²) < 4.78 is 0. The van der Waals surface area contributed by atoms with Gasteiger partial charge in [0.2, 0.25) is 0 Å². The molecule has 0 amide bonds. The highest BCUT2D eigenvalue weighted by Gasteiger charge is 2.51. The van der Waals surface area contributed by atoms with E-state index in [9.17, 15) is 4.79 Å². The molecule has 12 heavy (non-hydrogen) atoms. The molecule has 1 aliphatic rings. The molecule has 0 atom stereocenters. The van der Waals surface area contributed by atoms with Gasteiger partial charge in [-0.05, 0) is 18.4 Å². The van der Waals surface area contributed by atoms with Crippen molar-refractivity contribution in [1.82, 2.24) is 0 Å². The molecule has 1 aliphatic carbocycles. The van der Waals surface area contributed by atoms with E-state index in [2.05, 4.69) is 13.2 Å². The van der Waals surface area contributed by atoms with Crippen molar-refractivity contribution in [2.24, 2.45) is 5.41 Å². The minimum Gasteiger partial charge on any atom is -0.481 e. The van der Waals surface area contributed by atoms with Crippen molar-refractivity contribution in [3.63, 3.8) is 0 Å². The molecule has 0 spiro atoms. The molecular formula is C10H12O2. The summed E-state index contributed by atoms with van der Waals surface area (Å²) in [6, 6.07) is 0. The van der Waals surface area contributed by atoms with Crippen LogP contribution in [0.2, 0.25) is 0 Å². The monoisotopic (exact) mass is 164 g/mol. The Balaban J connectivity index is 2.70. The fraction of sp³-hybridized carbons (Fsp3) is 0.300. The third kappa shape index (κ3) is 1.33. The van der Waals surface area contributed by atoms with Crippen molar-refractivity contribution in [1.29, 1.82) is 0 Å². The van der Waals surface area contributed by atoms with E-state index < -0.39 is 11.4 Å². The van der Waals surface area contributed by atoms with Crippen LogP contribution in [0.4, 0.5) is 0 Å². The molecule has 0 unspecified atom stereocenters. The SMILES string of the molecule is C=C/C=C\C(=C)C1(C(=O)O)CC1. The Kier molecular flexibility index (Phi) is 2.18. The Morgan fingerprint density at radius 1 is 1.50 bits per heavy atom. The van der Waals surface area contributed by atoms with Gasteiger partial charge >= 0.3 is 5.97 Å². The van der Waals surface area contributed by atoms with Crippen LogP contribution in [0.3, 0.4) is 0 Å². The summed E-state index contributed by atoms with van der Waals surface area (Å²) in [5.74, 6) is -0.763. The van der Waals surface area contributed by atoms with Crippen LogP contribution < -0.4 is 0 Å². The molecule has 2 nitrogen and oxygen atoms in total. The van der Waals surface area contributed by atoms with E-state index in [1.807, 2.05) is 0 Å². The van der Waals surface area contributed by atoms with E-state index in [4.69, 9.17) is 5.11 Å². The van der Waals surface area contributed by atoms with Gasteiger partial charge in [-0.3, -0.25) is 4.79 Å². The first kappa shape index (κ1) is 8.78. The van der Waals surface area contributed by atoms with Gasteiger partial charge in [-0.2, -0.15) is 0 Å². The topological polar surface area (TPSA) is 37.3 Å². The van der Waals surface area contributed by atoms with Crippen molar-refractivity contribution in [2.45, 2.75) is 12.8 Å². The van der Waals surface area contributed by atoms with Crippen molar-refractivity contribution < 1.29 is 9.90 Å². The highest BCUT2D eigenvalue weighted by atomic mass is 16.4. The smallest absolute Gasteiger partial charge is 0.314 e. The van der Waals surface area contributed by atoms with Crippen LogP contribution in [0.5, 0.6) is 0 Å². The summed E-state index contributed by atoms with van der Waals surface area (Å²) in [6.07, 6.45) is 6.47. The fourth-order valence-electron chi connectivity index (χ4n) is 1.14. The molecule has 0 heterocycles. The average molecular weight is 164 g/mol. The van der Waals surface area contributed by atoms with Crippen LogP contribution in [0.15, 0.2) is 37.0 Å². The standard InChI is InChI=1S/C10H12O2/c1-3-4-5-8(2)10(6-7-10)9(11)12/h3-5H,1-2,6-7H2,(H,11,12)/b5-4-. The maximum atomic E-state index is 10.8. The number of carboxylic acids is 1. The number of aliphatic carboxylic acids is 1. The zero-order valence-corrected chi connectivity index (χ0v) is 6.92. The first-order chi connectivity index (χ1) is 5.63. The summed E-state index contributed by atoms with van der Waals surface area (Å²) >= 11 is 0. The van der Waals surface area contributed by atoms with Crippen molar-refractivity contribution >= 4 is 5.97 Å². The maximum absolute atomic E-state index is 10.8. The van der Waals surface area contributed by atoms with Gasteiger partial charge in [0.05, 0.1) is 5.41 Å². The molecule has 0 aliphatic heterocycles. The fourth-order valence-corrected chi connectivity index (χ4v) is 1.14. The van der Waals surface area contributed by atoms with E-state index in [1.165, 1.54) is 0 Å². The zero-order chi connectivity index (χ0) is 9.19. The quantitative estimate of drug-likeness (QED) is 0.646. The molecule has 2 heteroatoms. The minimum atomic E-state index is -0.763. The van der Waals surface area contributed by atoms with Gasteiger partial charge in [-0.25, -0.2) is 0 Å². The first-order valence-corrected chi connectivity index (χ1v) is 3.85. The number of allylic oxidation sites excluding steroid dienone is 3. The van der Waals surface area contributed by atoms with Gasteiger partial charge in [-0.15, -0.1) is 0 Å². The molecule has 0 aromatic heterocycles. The minimum absolute atomic E-state index is 0.653. The normalized spacial score (nSPS) is 19.0. The lowest BCUT2D eigenvalue weighted by Gasteiger charge is -2.08. The van der Waals surface area contributed by atoms with Crippen LogP contribution in [0, 0.1) is 5.41 Å². The Bertz CT molecular complexity index is 257. The molecule has 1 rings (SSSR count). The molecule has 0 radical (unpaired) electrons. The van der Waals surface area contributed by atoms with Gasteiger partial charge in [-0.1, -0.05) is 31.4 Å². The third-order valence-electron chi connectivity index (χ3n) is 2.21. The molecular weight excluding hydrogens is 152 g/mol. The number of carboxylic acid groups (broad SMARTS) is 1. The molecule has 0 bridgehead atoms. The third-order valence-corrected chi connectivity index (χ3v) is 2.21. The summed E-state index contributed by atoms with van der Waals surface area (Å²) in [6.45, 7) is 7.24. The first-order valence-electron chi connectivity index (χ1n) is 3.85. The van der Waals surface area contributed by atoms with Gasteiger partial charge in [0.1, 0.15) is 0 Å². The highest BCUT2D eigenvalue weighted by Crippen LogP contribution is 2.51. The van der Waals surface area contributed by atoms with Crippen LogP contribution >= 0.6 is 0 Å². The highest BCUT2D eigenvalue weighted by molar-refractivity contribution is 5.82. The number of carbonyl (C=O) groups is 1. The van der Waals surface area contributed by atoms with Gasteiger partial charge in [0, 0.05) is 0 Å². The lowest BCUT2D eigenvalue weighted by Crippen LogP contribution is -2.15. The van der Waals surface area contributed by atoms with Gasteiger partial charge in [0.15, 0.2) is 0 Å². The average Bonchev–Trinajstić information content (AvgIpc) is 2.80. The lowest BCUT2D eigenvalue weighted by molar-refractivity contribution is -0.141. The maximum Gasteiger partial charge on any atom is 0.314 e.